The van der Waals surface area contributed by atoms with E-state index in [4.69, 9.17) is 32.5 Å². The van der Waals surface area contributed by atoms with Gasteiger partial charge in [0.15, 0.2) is 0 Å². The predicted octanol–water partition coefficient (Wildman–Crippen LogP) is 4.05. The van der Waals surface area contributed by atoms with Gasteiger partial charge in [-0.25, -0.2) is 4.79 Å². The molecule has 0 N–H and O–H groups in total. The minimum atomic E-state index is -0.475. The van der Waals surface area contributed by atoms with E-state index in [-0.39, 0.29) is 6.61 Å². The van der Waals surface area contributed by atoms with Crippen LogP contribution in [0.2, 0.25) is 10.0 Å². The molecule has 1 heterocycles. The van der Waals surface area contributed by atoms with Gasteiger partial charge in [-0.05, 0) is 30.7 Å². The average molecular weight is 312 g/mol. The van der Waals surface area contributed by atoms with Crippen LogP contribution < -0.4 is 0 Å². The molecular formula is C14H11Cl2NO3. The molecule has 0 aliphatic carbocycles. The van der Waals surface area contributed by atoms with Crippen LogP contribution in [-0.4, -0.2) is 11.1 Å². The van der Waals surface area contributed by atoms with E-state index in [1.807, 2.05) is 0 Å². The minimum Gasteiger partial charge on any atom is -0.456 e. The summed E-state index contributed by atoms with van der Waals surface area (Å²) >= 11 is 11.7. The predicted molar refractivity (Wildman–Crippen MR) is 76.5 cm³/mol. The molecule has 0 saturated carbocycles. The molecule has 0 bridgehead atoms. The van der Waals surface area contributed by atoms with Crippen molar-refractivity contribution in [1.82, 2.24) is 5.16 Å². The molecule has 0 unspecified atom stereocenters. The summed E-state index contributed by atoms with van der Waals surface area (Å²) in [7, 11) is 0. The number of carbonyl (C=O) groups is 1. The van der Waals surface area contributed by atoms with Crippen LogP contribution in [0, 0.1) is 6.92 Å². The van der Waals surface area contributed by atoms with Crippen molar-refractivity contribution in [3.05, 3.63) is 57.4 Å². The molecule has 0 saturated heterocycles. The average Bonchev–Trinajstić information content (AvgIpc) is 2.83. The zero-order valence-electron chi connectivity index (χ0n) is 10.6. The van der Waals surface area contributed by atoms with E-state index in [1.165, 1.54) is 6.08 Å². The molecule has 2 aromatic rings. The summed E-state index contributed by atoms with van der Waals surface area (Å²) in [5, 5.41) is 4.62. The van der Waals surface area contributed by atoms with Gasteiger partial charge < -0.3 is 9.26 Å². The molecule has 0 atom stereocenters. The summed E-state index contributed by atoms with van der Waals surface area (Å²) in [5.41, 5.74) is 1.33. The Morgan fingerprint density at radius 3 is 2.80 bits per heavy atom. The fourth-order valence-corrected chi connectivity index (χ4v) is 1.77. The van der Waals surface area contributed by atoms with Crippen molar-refractivity contribution in [1.29, 1.82) is 0 Å². The van der Waals surface area contributed by atoms with Crippen molar-refractivity contribution >= 4 is 35.2 Å². The van der Waals surface area contributed by atoms with E-state index in [0.29, 0.717) is 21.5 Å². The lowest BCUT2D eigenvalue weighted by atomic mass is 10.2. The highest BCUT2D eigenvalue weighted by Gasteiger charge is 2.03. The molecule has 0 fully saturated rings. The highest BCUT2D eigenvalue weighted by Crippen LogP contribution is 2.23. The zero-order valence-corrected chi connectivity index (χ0v) is 12.1. The van der Waals surface area contributed by atoms with Crippen LogP contribution in [0.15, 0.2) is 34.9 Å². The Kier molecular flexibility index (Phi) is 4.82. The summed E-state index contributed by atoms with van der Waals surface area (Å²) in [5.74, 6) is 0.194. The number of hydrogen-bond donors (Lipinski definition) is 0. The number of aromatic nitrogens is 1. The van der Waals surface area contributed by atoms with Crippen LogP contribution in [0.1, 0.15) is 17.0 Å². The van der Waals surface area contributed by atoms with Gasteiger partial charge in [-0.15, -0.1) is 0 Å². The summed E-state index contributed by atoms with van der Waals surface area (Å²) < 4.78 is 9.87. The van der Waals surface area contributed by atoms with Gasteiger partial charge in [-0.2, -0.15) is 0 Å². The van der Waals surface area contributed by atoms with Crippen LogP contribution in [0.25, 0.3) is 6.08 Å². The Hall–Kier alpha value is -1.78. The molecule has 1 aromatic heterocycles. The minimum absolute atomic E-state index is 0.0713. The van der Waals surface area contributed by atoms with Crippen molar-refractivity contribution in [2.45, 2.75) is 13.5 Å². The molecule has 0 aliphatic rings. The van der Waals surface area contributed by atoms with Crippen molar-refractivity contribution < 1.29 is 14.1 Å². The highest BCUT2D eigenvalue weighted by atomic mass is 35.5. The molecule has 20 heavy (non-hydrogen) atoms. The topological polar surface area (TPSA) is 52.3 Å². The monoisotopic (exact) mass is 311 g/mol. The Morgan fingerprint density at radius 1 is 1.35 bits per heavy atom. The standard InChI is InChI=1S/C14H11Cl2NO3/c1-9-6-11(17-20-9)8-19-14(18)5-3-10-2-4-12(15)13(16)7-10/h2-7H,8H2,1H3/b5-3+. The highest BCUT2D eigenvalue weighted by molar-refractivity contribution is 6.42. The van der Waals surface area contributed by atoms with Gasteiger partial charge >= 0.3 is 5.97 Å². The molecule has 4 nitrogen and oxygen atoms in total. The third-order valence-electron chi connectivity index (χ3n) is 2.39. The van der Waals surface area contributed by atoms with Crippen molar-refractivity contribution in [3.8, 4) is 0 Å². The van der Waals surface area contributed by atoms with Crippen LogP contribution in [0.3, 0.4) is 0 Å². The second-order valence-electron chi connectivity index (χ2n) is 4.04. The fourth-order valence-electron chi connectivity index (χ4n) is 1.46. The fraction of sp³-hybridized carbons (Fsp3) is 0.143. The Bertz CT molecular complexity index is 650. The summed E-state index contributed by atoms with van der Waals surface area (Å²) in [6, 6.07) is 6.77. The second kappa shape index (κ2) is 6.59. The lowest BCUT2D eigenvalue weighted by Crippen LogP contribution is -2.00. The van der Waals surface area contributed by atoms with E-state index in [9.17, 15) is 4.79 Å². The van der Waals surface area contributed by atoms with Gasteiger partial charge in [0.25, 0.3) is 0 Å². The number of halogens is 2. The number of esters is 1. The third kappa shape index (κ3) is 4.11. The van der Waals surface area contributed by atoms with Crippen LogP contribution >= 0.6 is 23.2 Å². The lowest BCUT2D eigenvalue weighted by Gasteiger charge is -1.99. The van der Waals surface area contributed by atoms with E-state index in [1.54, 1.807) is 37.3 Å². The first-order valence-electron chi connectivity index (χ1n) is 5.76. The first-order chi connectivity index (χ1) is 9.54. The molecule has 1 aromatic carbocycles. The summed E-state index contributed by atoms with van der Waals surface area (Å²) in [6.45, 7) is 1.84. The number of benzene rings is 1. The summed E-state index contributed by atoms with van der Waals surface area (Å²) in [6.07, 6.45) is 2.91. The van der Waals surface area contributed by atoms with Gasteiger partial charge in [-0.3, -0.25) is 0 Å². The largest absolute Gasteiger partial charge is 0.456 e. The van der Waals surface area contributed by atoms with Crippen LogP contribution in [-0.2, 0) is 16.1 Å². The quantitative estimate of drug-likeness (QED) is 0.631. The number of rotatable bonds is 4. The maximum absolute atomic E-state index is 11.5. The zero-order chi connectivity index (χ0) is 14.5. The molecule has 6 heteroatoms. The van der Waals surface area contributed by atoms with Crippen molar-refractivity contribution in [2.24, 2.45) is 0 Å². The second-order valence-corrected chi connectivity index (χ2v) is 4.86. The Morgan fingerprint density at radius 2 is 2.15 bits per heavy atom. The molecule has 0 spiro atoms. The van der Waals surface area contributed by atoms with Gasteiger partial charge in [0.05, 0.1) is 10.0 Å². The molecule has 0 amide bonds. The molecule has 2 rings (SSSR count). The number of nitrogens with zero attached hydrogens (tertiary/aromatic N) is 1. The first kappa shape index (κ1) is 14.6. The molecular weight excluding hydrogens is 301 g/mol. The number of carbonyl (C=O) groups excluding carboxylic acids is 1. The van der Waals surface area contributed by atoms with E-state index >= 15 is 0 Å². The number of ether oxygens (including phenoxy) is 1. The van der Waals surface area contributed by atoms with E-state index in [0.717, 1.165) is 5.56 Å². The van der Waals surface area contributed by atoms with E-state index in [2.05, 4.69) is 5.16 Å². The van der Waals surface area contributed by atoms with Crippen molar-refractivity contribution in [2.75, 3.05) is 0 Å². The van der Waals surface area contributed by atoms with Crippen LogP contribution in [0.4, 0.5) is 0 Å². The number of hydrogen-bond acceptors (Lipinski definition) is 4. The maximum atomic E-state index is 11.5. The maximum Gasteiger partial charge on any atom is 0.331 e. The smallest absolute Gasteiger partial charge is 0.331 e. The van der Waals surface area contributed by atoms with E-state index < -0.39 is 5.97 Å². The number of aryl methyl sites for hydroxylation is 1. The Balaban J connectivity index is 1.90. The third-order valence-corrected chi connectivity index (χ3v) is 3.13. The van der Waals surface area contributed by atoms with Gasteiger partial charge in [-0.1, -0.05) is 34.4 Å². The summed E-state index contributed by atoms with van der Waals surface area (Å²) in [4.78, 5) is 11.5. The van der Waals surface area contributed by atoms with Gasteiger partial charge in [0.2, 0.25) is 0 Å². The van der Waals surface area contributed by atoms with Gasteiger partial charge in [0.1, 0.15) is 18.1 Å². The van der Waals surface area contributed by atoms with Crippen molar-refractivity contribution in [3.63, 3.8) is 0 Å². The van der Waals surface area contributed by atoms with Crippen LogP contribution in [0.5, 0.6) is 0 Å². The molecule has 0 radical (unpaired) electrons. The Labute approximate surface area is 125 Å². The lowest BCUT2D eigenvalue weighted by molar-refractivity contribution is -0.139. The normalized spacial score (nSPS) is 10.9. The molecule has 104 valence electrons. The SMILES string of the molecule is Cc1cc(COC(=O)/C=C/c2ccc(Cl)c(Cl)c2)no1. The van der Waals surface area contributed by atoms with Gasteiger partial charge in [0, 0.05) is 12.1 Å². The first-order valence-corrected chi connectivity index (χ1v) is 6.52. The molecule has 0 aliphatic heterocycles.